The van der Waals surface area contributed by atoms with Gasteiger partial charge in [0.2, 0.25) is 0 Å². The monoisotopic (exact) mass is 364 g/mol. The molecule has 0 fully saturated rings. The highest BCUT2D eigenvalue weighted by Gasteiger charge is 2.21. The molecule has 1 N–H and O–H groups in total. The number of urea groups is 1. The maximum absolute atomic E-state index is 12.3. The first-order valence-corrected chi connectivity index (χ1v) is 7.88. The van der Waals surface area contributed by atoms with Gasteiger partial charge in [0.1, 0.15) is 0 Å². The molecule has 0 radical (unpaired) electrons. The van der Waals surface area contributed by atoms with Crippen molar-refractivity contribution in [1.29, 1.82) is 0 Å². The Morgan fingerprint density at radius 1 is 1.19 bits per heavy atom. The number of rotatable bonds is 1. The zero-order valence-electron chi connectivity index (χ0n) is 11.3. The van der Waals surface area contributed by atoms with Crippen molar-refractivity contribution in [3.05, 3.63) is 63.1 Å². The van der Waals surface area contributed by atoms with E-state index in [9.17, 15) is 4.79 Å². The van der Waals surface area contributed by atoms with E-state index in [0.29, 0.717) is 11.6 Å². The summed E-state index contributed by atoms with van der Waals surface area (Å²) < 4.78 is 1.12. The van der Waals surface area contributed by atoms with E-state index in [2.05, 4.69) is 27.3 Å². The van der Waals surface area contributed by atoms with Crippen LogP contribution >= 0.6 is 27.5 Å². The van der Waals surface area contributed by atoms with Crippen molar-refractivity contribution < 1.29 is 4.79 Å². The number of benzene rings is 2. The number of nitrogens with one attached hydrogen (secondary N) is 1. The number of nitrogens with zero attached hydrogens (tertiary/aromatic N) is 1. The zero-order valence-corrected chi connectivity index (χ0v) is 13.6. The molecule has 1 heterocycles. The topological polar surface area (TPSA) is 32.3 Å². The van der Waals surface area contributed by atoms with E-state index >= 15 is 0 Å². The van der Waals surface area contributed by atoms with E-state index in [1.807, 2.05) is 17.0 Å². The lowest BCUT2D eigenvalue weighted by atomic mass is 10.0. The molecule has 3 rings (SSSR count). The van der Waals surface area contributed by atoms with Gasteiger partial charge >= 0.3 is 6.03 Å². The molecule has 5 heteroatoms. The molecule has 2 amide bonds. The Labute approximate surface area is 137 Å². The Morgan fingerprint density at radius 2 is 1.95 bits per heavy atom. The van der Waals surface area contributed by atoms with Gasteiger partial charge in [-0.3, -0.25) is 0 Å². The van der Waals surface area contributed by atoms with Gasteiger partial charge in [0.15, 0.2) is 0 Å². The molecule has 0 aromatic heterocycles. The van der Waals surface area contributed by atoms with Crippen LogP contribution in [0.15, 0.2) is 46.9 Å². The van der Waals surface area contributed by atoms with Crippen LogP contribution in [0.3, 0.4) is 0 Å². The van der Waals surface area contributed by atoms with Gasteiger partial charge in [-0.25, -0.2) is 4.79 Å². The predicted molar refractivity (Wildman–Crippen MR) is 88.7 cm³/mol. The minimum atomic E-state index is -0.0806. The Kier molecular flexibility index (Phi) is 4.17. The summed E-state index contributed by atoms with van der Waals surface area (Å²) in [5.41, 5.74) is 3.25. The summed E-state index contributed by atoms with van der Waals surface area (Å²) in [5, 5.41) is 3.56. The molecule has 1 aliphatic heterocycles. The fraction of sp³-hybridized carbons (Fsp3) is 0.188. The molecular formula is C16H14BrClN2O. The number of hydrogen-bond donors (Lipinski definition) is 1. The summed E-state index contributed by atoms with van der Waals surface area (Å²) in [7, 11) is 0. The molecule has 0 unspecified atom stereocenters. The van der Waals surface area contributed by atoms with Crippen molar-refractivity contribution >= 4 is 39.2 Å². The molecule has 0 spiro atoms. The summed E-state index contributed by atoms with van der Waals surface area (Å²) in [5.74, 6) is 0. The number of anilines is 1. The third-order valence-electron chi connectivity index (χ3n) is 3.59. The molecular weight excluding hydrogens is 352 g/mol. The van der Waals surface area contributed by atoms with Crippen molar-refractivity contribution in [2.24, 2.45) is 0 Å². The molecule has 0 aliphatic carbocycles. The highest BCUT2D eigenvalue weighted by Crippen LogP contribution is 2.26. The van der Waals surface area contributed by atoms with E-state index in [0.717, 1.165) is 23.1 Å². The van der Waals surface area contributed by atoms with Crippen LogP contribution in [0.5, 0.6) is 0 Å². The Balaban J connectivity index is 1.71. The Bertz CT molecular complexity index is 672. The van der Waals surface area contributed by atoms with Crippen LogP contribution in [0.1, 0.15) is 11.1 Å². The average Bonchev–Trinajstić information content (AvgIpc) is 2.49. The molecule has 0 atom stereocenters. The van der Waals surface area contributed by atoms with Crippen LogP contribution < -0.4 is 5.32 Å². The third kappa shape index (κ3) is 3.22. The predicted octanol–water partition coefficient (Wildman–Crippen LogP) is 4.69. The first-order valence-electron chi connectivity index (χ1n) is 6.71. The number of amides is 2. The fourth-order valence-corrected chi connectivity index (χ4v) is 3.20. The third-order valence-corrected chi connectivity index (χ3v) is 4.59. The molecule has 108 valence electrons. The standard InChI is InChI=1S/C16H14BrClN2O/c17-15-3-1-2-11-10-20(9-8-14(11)15)16(21)19-13-6-4-12(18)5-7-13/h1-7H,8-10H2,(H,19,21). The summed E-state index contributed by atoms with van der Waals surface area (Å²) in [6, 6.07) is 13.2. The molecule has 0 saturated carbocycles. The molecule has 0 bridgehead atoms. The Hall–Kier alpha value is -1.52. The SMILES string of the molecule is O=C(Nc1ccc(Cl)cc1)N1CCc2c(Br)cccc2C1. The highest BCUT2D eigenvalue weighted by atomic mass is 79.9. The summed E-state index contributed by atoms with van der Waals surface area (Å²) >= 11 is 9.41. The van der Waals surface area contributed by atoms with Gasteiger partial charge < -0.3 is 10.2 Å². The normalized spacial score (nSPS) is 13.7. The lowest BCUT2D eigenvalue weighted by Gasteiger charge is -2.29. The minimum Gasteiger partial charge on any atom is -0.320 e. The first kappa shape index (κ1) is 14.4. The maximum atomic E-state index is 12.3. The molecule has 2 aromatic carbocycles. The second-order valence-corrected chi connectivity index (χ2v) is 6.28. The van der Waals surface area contributed by atoms with Crippen molar-refractivity contribution in [1.82, 2.24) is 4.90 Å². The second kappa shape index (κ2) is 6.08. The summed E-state index contributed by atoms with van der Waals surface area (Å²) in [6.07, 6.45) is 0.866. The zero-order chi connectivity index (χ0) is 14.8. The van der Waals surface area contributed by atoms with Crippen LogP contribution in [0.25, 0.3) is 0 Å². The number of halogens is 2. The van der Waals surface area contributed by atoms with Crippen molar-refractivity contribution in [3.63, 3.8) is 0 Å². The quantitative estimate of drug-likeness (QED) is 0.781. The van der Waals surface area contributed by atoms with Gasteiger partial charge in [0, 0.05) is 28.3 Å². The van der Waals surface area contributed by atoms with Gasteiger partial charge in [-0.2, -0.15) is 0 Å². The van der Waals surface area contributed by atoms with Crippen molar-refractivity contribution in [3.8, 4) is 0 Å². The van der Waals surface area contributed by atoms with Crippen LogP contribution in [0, 0.1) is 0 Å². The average molecular weight is 366 g/mol. The molecule has 0 saturated heterocycles. The van der Waals surface area contributed by atoms with E-state index in [-0.39, 0.29) is 6.03 Å². The highest BCUT2D eigenvalue weighted by molar-refractivity contribution is 9.10. The lowest BCUT2D eigenvalue weighted by molar-refractivity contribution is 0.206. The van der Waals surface area contributed by atoms with Crippen LogP contribution in [0.4, 0.5) is 10.5 Å². The molecule has 2 aromatic rings. The number of carbonyl (C=O) groups excluding carboxylic acids is 1. The number of carbonyl (C=O) groups is 1. The van der Waals surface area contributed by atoms with E-state index in [4.69, 9.17) is 11.6 Å². The minimum absolute atomic E-state index is 0.0806. The van der Waals surface area contributed by atoms with Gasteiger partial charge in [0.25, 0.3) is 0 Å². The summed E-state index contributed by atoms with van der Waals surface area (Å²) in [6.45, 7) is 1.35. The largest absolute Gasteiger partial charge is 0.322 e. The fourth-order valence-electron chi connectivity index (χ4n) is 2.47. The van der Waals surface area contributed by atoms with E-state index in [1.54, 1.807) is 24.3 Å². The summed E-state index contributed by atoms with van der Waals surface area (Å²) in [4.78, 5) is 14.1. The van der Waals surface area contributed by atoms with E-state index < -0.39 is 0 Å². The Morgan fingerprint density at radius 3 is 2.71 bits per heavy atom. The lowest BCUT2D eigenvalue weighted by Crippen LogP contribution is -2.38. The van der Waals surface area contributed by atoms with Crippen molar-refractivity contribution in [2.75, 3.05) is 11.9 Å². The van der Waals surface area contributed by atoms with Gasteiger partial charge in [-0.15, -0.1) is 0 Å². The van der Waals surface area contributed by atoms with Crippen molar-refractivity contribution in [2.45, 2.75) is 13.0 Å². The van der Waals surface area contributed by atoms with E-state index in [1.165, 1.54) is 11.1 Å². The van der Waals surface area contributed by atoms with Crippen LogP contribution in [0.2, 0.25) is 5.02 Å². The first-order chi connectivity index (χ1) is 10.1. The van der Waals surface area contributed by atoms with Gasteiger partial charge in [0.05, 0.1) is 0 Å². The molecule has 3 nitrogen and oxygen atoms in total. The maximum Gasteiger partial charge on any atom is 0.322 e. The van der Waals surface area contributed by atoms with Gasteiger partial charge in [-0.1, -0.05) is 39.7 Å². The van der Waals surface area contributed by atoms with Crippen LogP contribution in [-0.2, 0) is 13.0 Å². The number of fused-ring (bicyclic) bond motifs is 1. The van der Waals surface area contributed by atoms with Crippen LogP contribution in [-0.4, -0.2) is 17.5 Å². The molecule has 21 heavy (non-hydrogen) atoms. The van der Waals surface area contributed by atoms with Gasteiger partial charge in [-0.05, 0) is 47.9 Å². The molecule has 1 aliphatic rings. The second-order valence-electron chi connectivity index (χ2n) is 4.99. The number of hydrogen-bond acceptors (Lipinski definition) is 1. The smallest absolute Gasteiger partial charge is 0.320 e.